The predicted molar refractivity (Wildman–Crippen MR) is 133 cm³/mol. The van der Waals surface area contributed by atoms with Crippen LogP contribution >= 0.6 is 0 Å². The van der Waals surface area contributed by atoms with Gasteiger partial charge in [-0.2, -0.15) is 5.10 Å². The molecule has 0 unspecified atom stereocenters. The number of aromatic nitrogens is 2. The van der Waals surface area contributed by atoms with Crippen molar-refractivity contribution >= 4 is 11.9 Å². The monoisotopic (exact) mass is 459 g/mol. The molecule has 1 saturated carbocycles. The lowest BCUT2D eigenvalue weighted by molar-refractivity contribution is 0.0518. The fourth-order valence-corrected chi connectivity index (χ4v) is 4.81. The van der Waals surface area contributed by atoms with Crippen molar-refractivity contribution in [1.82, 2.24) is 14.7 Å². The summed E-state index contributed by atoms with van der Waals surface area (Å²) in [6.45, 7) is 6.86. The highest BCUT2D eigenvalue weighted by Gasteiger charge is 2.25. The lowest BCUT2D eigenvalue weighted by Crippen LogP contribution is -2.41. The number of hydrogen-bond acceptors (Lipinski definition) is 4. The third kappa shape index (κ3) is 4.91. The Morgan fingerprint density at radius 1 is 1.03 bits per heavy atom. The second-order valence-electron chi connectivity index (χ2n) is 8.79. The van der Waals surface area contributed by atoms with Crippen LogP contribution in [0.15, 0.2) is 54.6 Å². The van der Waals surface area contributed by atoms with Crippen LogP contribution in [0.4, 0.5) is 0 Å². The molecule has 1 amide bonds. The number of carbonyl (C=O) groups is 2. The number of amides is 1. The van der Waals surface area contributed by atoms with Crippen LogP contribution in [-0.4, -0.2) is 45.8 Å². The topological polar surface area (TPSA) is 64.4 Å². The number of benzene rings is 2. The fraction of sp³-hybridized carbons (Fsp3) is 0.393. The highest BCUT2D eigenvalue weighted by atomic mass is 16.5. The first-order valence-electron chi connectivity index (χ1n) is 12.3. The van der Waals surface area contributed by atoms with Crippen LogP contribution in [-0.2, 0) is 4.74 Å². The molecule has 4 rings (SSSR count). The number of esters is 1. The summed E-state index contributed by atoms with van der Waals surface area (Å²) in [5.41, 5.74) is 4.59. The molecule has 0 radical (unpaired) electrons. The summed E-state index contributed by atoms with van der Waals surface area (Å²) in [6, 6.07) is 17.6. The number of hydrogen-bond donors (Lipinski definition) is 0. The van der Waals surface area contributed by atoms with Gasteiger partial charge in [0, 0.05) is 23.7 Å². The van der Waals surface area contributed by atoms with Crippen molar-refractivity contribution in [3.8, 4) is 16.9 Å². The summed E-state index contributed by atoms with van der Waals surface area (Å²) < 4.78 is 6.93. The predicted octanol–water partition coefficient (Wildman–Crippen LogP) is 5.82. The lowest BCUT2D eigenvalue weighted by Gasteiger charge is -2.33. The molecule has 1 aliphatic rings. The van der Waals surface area contributed by atoms with Gasteiger partial charge in [-0.25, -0.2) is 9.48 Å². The molecule has 3 aromatic rings. The Morgan fingerprint density at radius 3 is 2.38 bits per heavy atom. The lowest BCUT2D eigenvalue weighted by atomic mass is 9.93. The van der Waals surface area contributed by atoms with E-state index in [1.54, 1.807) is 17.7 Å². The second-order valence-corrected chi connectivity index (χ2v) is 8.79. The largest absolute Gasteiger partial charge is 0.461 e. The van der Waals surface area contributed by atoms with Gasteiger partial charge in [0.2, 0.25) is 0 Å². The molecule has 0 bridgehead atoms. The van der Waals surface area contributed by atoms with Crippen LogP contribution in [0.3, 0.4) is 0 Å². The Balaban J connectivity index is 1.67. The molecular formula is C28H33N3O3. The van der Waals surface area contributed by atoms with E-state index < -0.39 is 5.97 Å². The van der Waals surface area contributed by atoms with E-state index in [9.17, 15) is 9.59 Å². The summed E-state index contributed by atoms with van der Waals surface area (Å²) in [4.78, 5) is 27.7. The summed E-state index contributed by atoms with van der Waals surface area (Å²) in [5, 5.41) is 4.56. The third-order valence-electron chi connectivity index (χ3n) is 6.59. The van der Waals surface area contributed by atoms with Crippen molar-refractivity contribution in [3.63, 3.8) is 0 Å². The van der Waals surface area contributed by atoms with Gasteiger partial charge in [-0.3, -0.25) is 4.79 Å². The molecule has 178 valence electrons. The zero-order valence-electron chi connectivity index (χ0n) is 20.3. The third-order valence-corrected chi connectivity index (χ3v) is 6.59. The highest BCUT2D eigenvalue weighted by molar-refractivity contribution is 5.94. The van der Waals surface area contributed by atoms with Gasteiger partial charge >= 0.3 is 5.97 Å². The maximum atomic E-state index is 13.3. The summed E-state index contributed by atoms with van der Waals surface area (Å²) >= 11 is 0. The second kappa shape index (κ2) is 10.7. The SMILES string of the molecule is CCOC(=O)c1cc(-c2ccccc2C)n(-c2ccc(C(=O)N(CC)C3CCCCC3)cc2)n1. The van der Waals surface area contributed by atoms with Gasteiger partial charge in [0.25, 0.3) is 5.91 Å². The molecule has 0 aliphatic heterocycles. The van der Waals surface area contributed by atoms with Gasteiger partial charge in [0.1, 0.15) is 0 Å². The van der Waals surface area contributed by atoms with E-state index in [1.807, 2.05) is 60.4 Å². The number of rotatable bonds is 7. The molecule has 6 heteroatoms. The molecule has 0 saturated heterocycles. The zero-order valence-corrected chi connectivity index (χ0v) is 20.3. The van der Waals surface area contributed by atoms with Gasteiger partial charge in [0.15, 0.2) is 5.69 Å². The Hall–Kier alpha value is -3.41. The van der Waals surface area contributed by atoms with Crippen molar-refractivity contribution < 1.29 is 14.3 Å². The standard InChI is InChI=1S/C28H33N3O3/c1-4-30(22-12-7-6-8-13-22)27(32)21-15-17-23(18-16-21)31-26(24-14-10-9-11-20(24)3)19-25(29-31)28(33)34-5-2/h9-11,14-19,22H,4-8,12-13H2,1-3H3. The molecule has 0 atom stereocenters. The molecule has 1 aliphatic carbocycles. The number of nitrogens with zero attached hydrogens (tertiary/aromatic N) is 3. The summed E-state index contributed by atoms with van der Waals surface area (Å²) in [6.07, 6.45) is 5.81. The smallest absolute Gasteiger partial charge is 0.358 e. The Morgan fingerprint density at radius 2 is 1.74 bits per heavy atom. The summed E-state index contributed by atoms with van der Waals surface area (Å²) in [7, 11) is 0. The van der Waals surface area contributed by atoms with Crippen molar-refractivity contribution in [3.05, 3.63) is 71.4 Å². The molecule has 0 spiro atoms. The van der Waals surface area contributed by atoms with Crippen molar-refractivity contribution in [2.24, 2.45) is 0 Å². The molecular weight excluding hydrogens is 426 g/mol. The van der Waals surface area contributed by atoms with E-state index in [1.165, 1.54) is 19.3 Å². The quantitative estimate of drug-likeness (QED) is 0.418. The van der Waals surface area contributed by atoms with Gasteiger partial charge < -0.3 is 9.64 Å². The molecule has 6 nitrogen and oxygen atoms in total. The number of ether oxygens (including phenoxy) is 1. The van der Waals surface area contributed by atoms with Crippen LogP contribution in [0, 0.1) is 6.92 Å². The van der Waals surface area contributed by atoms with Crippen LogP contribution in [0.5, 0.6) is 0 Å². The number of carbonyl (C=O) groups excluding carboxylic acids is 2. The van der Waals surface area contributed by atoms with E-state index in [0.717, 1.165) is 35.3 Å². The zero-order chi connectivity index (χ0) is 24.1. The first kappa shape index (κ1) is 23.7. The average molecular weight is 460 g/mol. The first-order chi connectivity index (χ1) is 16.5. The van der Waals surface area contributed by atoms with E-state index >= 15 is 0 Å². The Bertz CT molecular complexity index is 1140. The molecule has 1 heterocycles. The Kier molecular flexibility index (Phi) is 7.46. The van der Waals surface area contributed by atoms with E-state index in [0.29, 0.717) is 18.2 Å². The van der Waals surface area contributed by atoms with Gasteiger partial charge in [0.05, 0.1) is 18.0 Å². The minimum Gasteiger partial charge on any atom is -0.461 e. The fourth-order valence-electron chi connectivity index (χ4n) is 4.81. The minimum absolute atomic E-state index is 0.0766. The molecule has 2 aromatic carbocycles. The van der Waals surface area contributed by atoms with E-state index in [2.05, 4.69) is 12.0 Å². The van der Waals surface area contributed by atoms with Crippen LogP contribution in [0.1, 0.15) is 72.4 Å². The number of aryl methyl sites for hydroxylation is 1. The van der Waals surface area contributed by atoms with E-state index in [4.69, 9.17) is 4.74 Å². The first-order valence-corrected chi connectivity index (χ1v) is 12.3. The van der Waals surface area contributed by atoms with Crippen molar-refractivity contribution in [1.29, 1.82) is 0 Å². The average Bonchev–Trinajstić information content (AvgIpc) is 3.31. The Labute approximate surface area is 201 Å². The van der Waals surface area contributed by atoms with Crippen LogP contribution < -0.4 is 0 Å². The normalized spacial score (nSPS) is 14.1. The van der Waals surface area contributed by atoms with Crippen molar-refractivity contribution in [2.75, 3.05) is 13.2 Å². The highest BCUT2D eigenvalue weighted by Crippen LogP contribution is 2.28. The molecule has 34 heavy (non-hydrogen) atoms. The summed E-state index contributed by atoms with van der Waals surface area (Å²) in [5.74, 6) is -0.373. The molecule has 1 fully saturated rings. The van der Waals surface area contributed by atoms with Gasteiger partial charge in [-0.05, 0) is 69.5 Å². The molecule has 1 aromatic heterocycles. The van der Waals surface area contributed by atoms with E-state index in [-0.39, 0.29) is 18.2 Å². The van der Waals surface area contributed by atoms with Crippen molar-refractivity contribution in [2.45, 2.75) is 58.9 Å². The maximum absolute atomic E-state index is 13.3. The van der Waals surface area contributed by atoms with Crippen LogP contribution in [0.2, 0.25) is 0 Å². The van der Waals surface area contributed by atoms with Crippen LogP contribution in [0.25, 0.3) is 16.9 Å². The minimum atomic E-state index is -0.450. The van der Waals surface area contributed by atoms with Gasteiger partial charge in [-0.1, -0.05) is 43.5 Å². The molecule has 0 N–H and O–H groups in total. The maximum Gasteiger partial charge on any atom is 0.358 e. The van der Waals surface area contributed by atoms with Gasteiger partial charge in [-0.15, -0.1) is 0 Å².